The Morgan fingerprint density at radius 1 is 0.966 bits per heavy atom. The molecule has 2 rings (SSSR count). The van der Waals surface area contributed by atoms with Crippen LogP contribution in [0.1, 0.15) is 41.5 Å². The van der Waals surface area contributed by atoms with Crippen molar-refractivity contribution in [2.75, 3.05) is 18.0 Å². The molecule has 9 nitrogen and oxygen atoms in total. The second-order valence-electron chi connectivity index (χ2n) is 8.79. The zero-order valence-electron chi connectivity index (χ0n) is 17.8. The number of alkyl carbamates (subject to hydrolysis) is 2. The number of aliphatic hydroxyl groups excluding tert-OH is 1. The number of β-amino-alcohol motifs (C(OH)–C–C–N with tert-alkyl or cyclic N) is 1. The monoisotopic (exact) mass is 406 g/mol. The van der Waals surface area contributed by atoms with Crippen molar-refractivity contribution >= 4 is 29.5 Å². The topological polar surface area (TPSA) is 112 Å². The molecular formula is C20H30N4O5. The lowest BCUT2D eigenvalue weighted by Gasteiger charge is -2.37. The van der Waals surface area contributed by atoms with Gasteiger partial charge in [-0.05, 0) is 65.8 Å². The molecule has 0 aliphatic carbocycles. The summed E-state index contributed by atoms with van der Waals surface area (Å²) in [4.78, 5) is 30.5. The molecule has 0 aromatic heterocycles. The molecule has 0 unspecified atom stereocenters. The Balaban J connectivity index is 2.14. The maximum atomic E-state index is 12.1. The number of ether oxygens (including phenoxy) is 2. The molecule has 0 spiro atoms. The highest BCUT2D eigenvalue weighted by Crippen LogP contribution is 2.24. The van der Waals surface area contributed by atoms with Crippen molar-refractivity contribution in [1.29, 1.82) is 0 Å². The first-order valence-electron chi connectivity index (χ1n) is 9.42. The van der Waals surface area contributed by atoms with Gasteiger partial charge >= 0.3 is 12.2 Å². The molecular weight excluding hydrogens is 376 g/mol. The first-order valence-corrected chi connectivity index (χ1v) is 9.42. The Bertz CT molecular complexity index is 725. The summed E-state index contributed by atoms with van der Waals surface area (Å²) >= 11 is 0. The maximum absolute atomic E-state index is 12.1. The molecule has 0 radical (unpaired) electrons. The van der Waals surface area contributed by atoms with Crippen molar-refractivity contribution in [2.45, 2.75) is 58.8 Å². The Hall–Kier alpha value is -2.81. The van der Waals surface area contributed by atoms with E-state index in [9.17, 15) is 14.7 Å². The Morgan fingerprint density at radius 3 is 1.79 bits per heavy atom. The molecule has 0 atom stereocenters. The van der Waals surface area contributed by atoms with Crippen LogP contribution in [0.25, 0.3) is 0 Å². The minimum Gasteiger partial charge on any atom is -0.444 e. The van der Waals surface area contributed by atoms with E-state index in [1.54, 1.807) is 53.7 Å². The highest BCUT2D eigenvalue weighted by molar-refractivity contribution is 6.02. The number of carbonyl (C=O) groups excluding carboxylic acids is 2. The summed E-state index contributed by atoms with van der Waals surface area (Å²) in [6.07, 6.45) is -1.80. The van der Waals surface area contributed by atoms with E-state index >= 15 is 0 Å². The van der Waals surface area contributed by atoms with E-state index in [4.69, 9.17) is 9.47 Å². The fourth-order valence-corrected chi connectivity index (χ4v) is 2.42. The number of hydrogen-bond acceptors (Lipinski definition) is 7. The van der Waals surface area contributed by atoms with E-state index in [1.807, 2.05) is 17.0 Å². The zero-order chi connectivity index (χ0) is 21.8. The van der Waals surface area contributed by atoms with Crippen molar-refractivity contribution < 1.29 is 24.2 Å². The first kappa shape index (κ1) is 22.5. The van der Waals surface area contributed by atoms with Gasteiger partial charge in [-0.25, -0.2) is 14.6 Å². The predicted molar refractivity (Wildman–Crippen MR) is 110 cm³/mol. The molecule has 160 valence electrons. The van der Waals surface area contributed by atoms with Crippen molar-refractivity contribution in [2.24, 2.45) is 4.99 Å². The van der Waals surface area contributed by atoms with Gasteiger partial charge in [-0.2, -0.15) is 0 Å². The average Bonchev–Trinajstić information content (AvgIpc) is 2.48. The van der Waals surface area contributed by atoms with E-state index in [0.29, 0.717) is 18.8 Å². The van der Waals surface area contributed by atoms with Gasteiger partial charge in [0.1, 0.15) is 11.2 Å². The van der Waals surface area contributed by atoms with Gasteiger partial charge in [0.05, 0.1) is 11.8 Å². The molecule has 3 N–H and O–H groups in total. The molecule has 1 heterocycles. The number of hydrogen-bond donors (Lipinski definition) is 3. The number of carbonyl (C=O) groups is 2. The second kappa shape index (κ2) is 8.69. The van der Waals surface area contributed by atoms with Crippen LogP contribution in [-0.2, 0) is 9.47 Å². The lowest BCUT2D eigenvalue weighted by molar-refractivity contribution is 0.0545. The van der Waals surface area contributed by atoms with E-state index in [1.165, 1.54) is 0 Å². The van der Waals surface area contributed by atoms with E-state index in [2.05, 4.69) is 15.6 Å². The molecule has 9 heteroatoms. The van der Waals surface area contributed by atoms with E-state index in [-0.39, 0.29) is 12.1 Å². The maximum Gasteiger partial charge on any atom is 0.414 e. The fraction of sp³-hybridized carbons (Fsp3) is 0.550. The van der Waals surface area contributed by atoms with Crippen LogP contribution in [0.15, 0.2) is 29.3 Å². The van der Waals surface area contributed by atoms with Crippen LogP contribution in [0, 0.1) is 0 Å². The van der Waals surface area contributed by atoms with Gasteiger partial charge in [0, 0.05) is 18.8 Å². The molecule has 1 aromatic carbocycles. The number of guanidine groups is 1. The summed E-state index contributed by atoms with van der Waals surface area (Å²) in [5.41, 5.74) is 0.0580. The van der Waals surface area contributed by atoms with E-state index < -0.39 is 23.4 Å². The molecule has 2 amide bonds. The standard InChI is InChI=1S/C20H30N4O5/c1-19(2,3)28-17(26)22-16(23-18(27)29-20(4,5)6)21-13-7-9-14(10-8-13)24-11-15(25)12-24/h7-10,15,25H,11-12H2,1-6H3,(H2,21,22,23,26,27). The molecule has 29 heavy (non-hydrogen) atoms. The molecule has 0 saturated carbocycles. The van der Waals surface area contributed by atoms with E-state index in [0.717, 1.165) is 5.69 Å². The van der Waals surface area contributed by atoms with Crippen LogP contribution in [0.5, 0.6) is 0 Å². The number of aliphatic imine (C=N–C) groups is 1. The van der Waals surface area contributed by atoms with Gasteiger partial charge in [0.25, 0.3) is 0 Å². The smallest absolute Gasteiger partial charge is 0.414 e. The molecule has 1 aromatic rings. The summed E-state index contributed by atoms with van der Waals surface area (Å²) in [6, 6.07) is 7.19. The summed E-state index contributed by atoms with van der Waals surface area (Å²) in [5.74, 6) is -0.111. The fourth-order valence-electron chi connectivity index (χ4n) is 2.42. The minimum absolute atomic E-state index is 0.111. The summed E-state index contributed by atoms with van der Waals surface area (Å²) in [5, 5.41) is 14.3. The Morgan fingerprint density at radius 2 is 1.41 bits per heavy atom. The Kier molecular flexibility index (Phi) is 6.73. The third kappa shape index (κ3) is 7.98. The molecule has 1 fully saturated rings. The van der Waals surface area contributed by atoms with Gasteiger partial charge in [-0.3, -0.25) is 10.6 Å². The lowest BCUT2D eigenvalue weighted by Crippen LogP contribution is -2.50. The van der Waals surface area contributed by atoms with Gasteiger partial charge in [0.15, 0.2) is 0 Å². The van der Waals surface area contributed by atoms with Crippen molar-refractivity contribution in [3.05, 3.63) is 24.3 Å². The lowest BCUT2D eigenvalue weighted by atomic mass is 10.1. The quantitative estimate of drug-likeness (QED) is 0.514. The Labute approximate surface area is 171 Å². The largest absolute Gasteiger partial charge is 0.444 e. The normalized spacial score (nSPS) is 14.5. The number of aliphatic hydroxyl groups is 1. The highest BCUT2D eigenvalue weighted by Gasteiger charge is 2.24. The highest BCUT2D eigenvalue weighted by atomic mass is 16.6. The van der Waals surface area contributed by atoms with Crippen molar-refractivity contribution in [3.63, 3.8) is 0 Å². The number of nitrogens with zero attached hydrogens (tertiary/aromatic N) is 2. The van der Waals surface area contributed by atoms with Crippen molar-refractivity contribution in [1.82, 2.24) is 10.6 Å². The van der Waals surface area contributed by atoms with Gasteiger partial charge in [-0.15, -0.1) is 0 Å². The van der Waals surface area contributed by atoms with Crippen LogP contribution < -0.4 is 15.5 Å². The number of benzene rings is 1. The van der Waals surface area contributed by atoms with Crippen molar-refractivity contribution in [3.8, 4) is 0 Å². The predicted octanol–water partition coefficient (Wildman–Crippen LogP) is 2.90. The zero-order valence-corrected chi connectivity index (χ0v) is 17.8. The number of nitrogens with one attached hydrogen (secondary N) is 2. The van der Waals surface area contributed by atoms with Crippen LogP contribution in [-0.4, -0.2) is 53.6 Å². The SMILES string of the molecule is CC(C)(C)OC(=O)NC(=Nc1ccc(N2CC(O)C2)cc1)NC(=O)OC(C)(C)C. The average molecular weight is 406 g/mol. The molecule has 1 aliphatic rings. The third-order valence-corrected chi connectivity index (χ3v) is 3.56. The minimum atomic E-state index is -0.751. The number of amides is 2. The third-order valence-electron chi connectivity index (χ3n) is 3.56. The second-order valence-corrected chi connectivity index (χ2v) is 8.79. The first-order chi connectivity index (χ1) is 13.3. The number of rotatable bonds is 2. The summed E-state index contributed by atoms with van der Waals surface area (Å²) in [6.45, 7) is 11.6. The molecule has 1 saturated heterocycles. The number of anilines is 1. The summed E-state index contributed by atoms with van der Waals surface area (Å²) in [7, 11) is 0. The van der Waals surface area contributed by atoms with Crippen LogP contribution in [0.4, 0.5) is 21.0 Å². The van der Waals surface area contributed by atoms with Gasteiger partial charge in [-0.1, -0.05) is 0 Å². The van der Waals surface area contributed by atoms with Crippen LogP contribution >= 0.6 is 0 Å². The van der Waals surface area contributed by atoms with Gasteiger partial charge < -0.3 is 19.5 Å². The molecule has 0 bridgehead atoms. The van der Waals surface area contributed by atoms with Crippen LogP contribution in [0.3, 0.4) is 0 Å². The van der Waals surface area contributed by atoms with Gasteiger partial charge in [0.2, 0.25) is 5.96 Å². The summed E-state index contributed by atoms with van der Waals surface area (Å²) < 4.78 is 10.4. The molecule has 1 aliphatic heterocycles. The van der Waals surface area contributed by atoms with Crippen LogP contribution in [0.2, 0.25) is 0 Å².